The van der Waals surface area contributed by atoms with E-state index in [1.807, 2.05) is 17.0 Å². The Morgan fingerprint density at radius 3 is 2.42 bits per heavy atom. The normalized spacial score (nSPS) is 21.5. The predicted octanol–water partition coefficient (Wildman–Crippen LogP) is 1.88. The van der Waals surface area contributed by atoms with Crippen molar-refractivity contribution in [3.8, 4) is 0 Å². The highest BCUT2D eigenvalue weighted by atomic mass is 16.2. The van der Waals surface area contributed by atoms with Crippen LogP contribution in [0.2, 0.25) is 0 Å². The molecule has 0 aromatic heterocycles. The van der Waals surface area contributed by atoms with Crippen LogP contribution in [0.3, 0.4) is 0 Å². The van der Waals surface area contributed by atoms with Crippen molar-refractivity contribution in [2.75, 3.05) is 56.5 Å². The molecule has 2 aliphatic heterocycles. The van der Waals surface area contributed by atoms with E-state index >= 15 is 0 Å². The van der Waals surface area contributed by atoms with E-state index in [-0.39, 0.29) is 17.7 Å². The summed E-state index contributed by atoms with van der Waals surface area (Å²) in [4.78, 5) is 31.1. The van der Waals surface area contributed by atoms with Crippen LogP contribution >= 0.6 is 0 Å². The van der Waals surface area contributed by atoms with Gasteiger partial charge in [-0.2, -0.15) is 0 Å². The van der Waals surface area contributed by atoms with Crippen molar-refractivity contribution in [1.82, 2.24) is 9.80 Å². The lowest BCUT2D eigenvalue weighted by Gasteiger charge is -2.34. The number of amides is 2. The standard InChI is InChI=1S/C20H30N4O2/c1-15(2)13-24-14-16(12-19(24)25)20(26)21-17-4-6-18(7-5-17)23-10-8-22(3)9-11-23/h4-7,15-16H,8-14H2,1-3H3,(H,21,26). The van der Waals surface area contributed by atoms with Crippen molar-refractivity contribution in [2.45, 2.75) is 20.3 Å². The molecule has 2 amide bonds. The van der Waals surface area contributed by atoms with E-state index in [0.717, 1.165) is 38.4 Å². The molecule has 1 aromatic rings. The van der Waals surface area contributed by atoms with Gasteiger partial charge in [0.2, 0.25) is 11.8 Å². The predicted molar refractivity (Wildman–Crippen MR) is 104 cm³/mol. The zero-order valence-corrected chi connectivity index (χ0v) is 16.1. The second-order valence-electron chi connectivity index (χ2n) is 7.92. The lowest BCUT2D eigenvalue weighted by atomic mass is 10.1. The second kappa shape index (κ2) is 8.08. The Labute approximate surface area is 156 Å². The Hall–Kier alpha value is -2.08. The van der Waals surface area contributed by atoms with Gasteiger partial charge < -0.3 is 20.0 Å². The summed E-state index contributed by atoms with van der Waals surface area (Å²) in [6, 6.07) is 8.03. The van der Waals surface area contributed by atoms with Crippen molar-refractivity contribution in [1.29, 1.82) is 0 Å². The number of likely N-dealkylation sites (N-methyl/N-ethyl adjacent to an activating group) is 1. The molecule has 2 fully saturated rings. The first-order valence-electron chi connectivity index (χ1n) is 9.54. The fraction of sp³-hybridized carbons (Fsp3) is 0.600. The van der Waals surface area contributed by atoms with E-state index in [4.69, 9.17) is 0 Å². The molecule has 1 unspecified atom stereocenters. The summed E-state index contributed by atoms with van der Waals surface area (Å²) in [6.45, 7) is 9.62. The number of nitrogens with one attached hydrogen (secondary N) is 1. The molecule has 0 spiro atoms. The summed E-state index contributed by atoms with van der Waals surface area (Å²) in [6.07, 6.45) is 0.317. The van der Waals surface area contributed by atoms with Crippen molar-refractivity contribution in [3.63, 3.8) is 0 Å². The molecular weight excluding hydrogens is 328 g/mol. The van der Waals surface area contributed by atoms with Gasteiger partial charge in [-0.25, -0.2) is 0 Å². The molecule has 2 aliphatic rings. The largest absolute Gasteiger partial charge is 0.369 e. The first-order chi connectivity index (χ1) is 12.4. The lowest BCUT2D eigenvalue weighted by molar-refractivity contribution is -0.128. The lowest BCUT2D eigenvalue weighted by Crippen LogP contribution is -2.44. The van der Waals surface area contributed by atoms with Crippen LogP contribution in [0.25, 0.3) is 0 Å². The highest BCUT2D eigenvalue weighted by Crippen LogP contribution is 2.23. The number of piperazine rings is 1. The molecule has 2 heterocycles. The average molecular weight is 358 g/mol. The van der Waals surface area contributed by atoms with Gasteiger partial charge in [0, 0.05) is 57.1 Å². The minimum absolute atomic E-state index is 0.0584. The highest BCUT2D eigenvalue weighted by molar-refractivity contribution is 5.97. The quantitative estimate of drug-likeness (QED) is 0.873. The average Bonchev–Trinajstić information content (AvgIpc) is 2.97. The minimum Gasteiger partial charge on any atom is -0.369 e. The SMILES string of the molecule is CC(C)CN1CC(C(=O)Nc2ccc(N3CCN(C)CC3)cc2)CC1=O. The van der Waals surface area contributed by atoms with Gasteiger partial charge in [-0.05, 0) is 37.2 Å². The summed E-state index contributed by atoms with van der Waals surface area (Å²) >= 11 is 0. The summed E-state index contributed by atoms with van der Waals surface area (Å²) in [5.41, 5.74) is 1.98. The molecule has 0 saturated carbocycles. The first kappa shape index (κ1) is 18.7. The topological polar surface area (TPSA) is 55.9 Å². The maximum absolute atomic E-state index is 12.5. The first-order valence-corrected chi connectivity index (χ1v) is 9.54. The number of carbonyl (C=O) groups is 2. The number of benzene rings is 1. The van der Waals surface area contributed by atoms with Crippen LogP contribution < -0.4 is 10.2 Å². The number of hydrogen-bond donors (Lipinski definition) is 1. The summed E-state index contributed by atoms with van der Waals surface area (Å²) in [7, 11) is 2.14. The third kappa shape index (κ3) is 4.55. The maximum atomic E-state index is 12.5. The second-order valence-corrected chi connectivity index (χ2v) is 7.92. The van der Waals surface area contributed by atoms with Gasteiger partial charge in [-0.1, -0.05) is 13.8 Å². The summed E-state index contributed by atoms with van der Waals surface area (Å²) < 4.78 is 0. The number of likely N-dealkylation sites (tertiary alicyclic amines) is 1. The van der Waals surface area contributed by atoms with Gasteiger partial charge in [0.15, 0.2) is 0 Å². The molecule has 6 nitrogen and oxygen atoms in total. The molecule has 6 heteroatoms. The van der Waals surface area contributed by atoms with Crippen LogP contribution in [0.4, 0.5) is 11.4 Å². The van der Waals surface area contributed by atoms with Crippen LogP contribution in [0.1, 0.15) is 20.3 Å². The number of carbonyl (C=O) groups excluding carboxylic acids is 2. The zero-order chi connectivity index (χ0) is 18.7. The fourth-order valence-electron chi connectivity index (χ4n) is 3.63. The molecule has 2 saturated heterocycles. The number of anilines is 2. The Bertz CT molecular complexity index is 636. The van der Waals surface area contributed by atoms with Crippen molar-refractivity contribution in [3.05, 3.63) is 24.3 Å². The smallest absolute Gasteiger partial charge is 0.229 e. The van der Waals surface area contributed by atoms with E-state index in [1.54, 1.807) is 0 Å². The van der Waals surface area contributed by atoms with Crippen molar-refractivity contribution >= 4 is 23.2 Å². The summed E-state index contributed by atoms with van der Waals surface area (Å²) in [5.74, 6) is 0.197. The molecule has 0 bridgehead atoms. The van der Waals surface area contributed by atoms with Gasteiger partial charge in [0.05, 0.1) is 5.92 Å². The van der Waals surface area contributed by atoms with Gasteiger partial charge in [0.1, 0.15) is 0 Å². The number of hydrogen-bond acceptors (Lipinski definition) is 4. The molecule has 26 heavy (non-hydrogen) atoms. The zero-order valence-electron chi connectivity index (χ0n) is 16.1. The van der Waals surface area contributed by atoms with E-state index in [2.05, 4.69) is 48.1 Å². The highest BCUT2D eigenvalue weighted by Gasteiger charge is 2.34. The fourth-order valence-corrected chi connectivity index (χ4v) is 3.63. The third-order valence-corrected chi connectivity index (χ3v) is 5.17. The maximum Gasteiger partial charge on any atom is 0.229 e. The van der Waals surface area contributed by atoms with Crippen molar-refractivity contribution in [2.24, 2.45) is 11.8 Å². The molecule has 142 valence electrons. The van der Waals surface area contributed by atoms with E-state index in [1.165, 1.54) is 5.69 Å². The van der Waals surface area contributed by atoms with Gasteiger partial charge in [-0.3, -0.25) is 9.59 Å². The van der Waals surface area contributed by atoms with Crippen LogP contribution in [0.5, 0.6) is 0 Å². The van der Waals surface area contributed by atoms with Crippen LogP contribution in [0.15, 0.2) is 24.3 Å². The van der Waals surface area contributed by atoms with E-state index in [9.17, 15) is 9.59 Å². The summed E-state index contributed by atoms with van der Waals surface area (Å²) in [5, 5.41) is 2.97. The Kier molecular flexibility index (Phi) is 5.81. The number of nitrogens with zero attached hydrogens (tertiary/aromatic N) is 3. The Morgan fingerprint density at radius 2 is 1.81 bits per heavy atom. The van der Waals surface area contributed by atoms with Crippen molar-refractivity contribution < 1.29 is 9.59 Å². The molecule has 1 atom stereocenters. The molecule has 1 aromatic carbocycles. The van der Waals surface area contributed by atoms with E-state index in [0.29, 0.717) is 18.9 Å². The Morgan fingerprint density at radius 1 is 1.15 bits per heavy atom. The van der Waals surface area contributed by atoms with Crippen LogP contribution in [0, 0.1) is 11.8 Å². The molecule has 0 aliphatic carbocycles. The van der Waals surface area contributed by atoms with Gasteiger partial charge >= 0.3 is 0 Å². The van der Waals surface area contributed by atoms with Gasteiger partial charge in [0.25, 0.3) is 0 Å². The van der Waals surface area contributed by atoms with Crippen LogP contribution in [-0.4, -0.2) is 67.9 Å². The molecular formula is C20H30N4O2. The molecule has 3 rings (SSSR count). The molecule has 1 N–H and O–H groups in total. The molecule has 0 radical (unpaired) electrons. The van der Waals surface area contributed by atoms with Crippen LogP contribution in [-0.2, 0) is 9.59 Å². The third-order valence-electron chi connectivity index (χ3n) is 5.17. The Balaban J connectivity index is 1.54. The monoisotopic (exact) mass is 358 g/mol. The number of rotatable bonds is 5. The van der Waals surface area contributed by atoms with Gasteiger partial charge in [-0.15, -0.1) is 0 Å². The van der Waals surface area contributed by atoms with E-state index < -0.39 is 0 Å². The minimum atomic E-state index is -0.251.